The summed E-state index contributed by atoms with van der Waals surface area (Å²) >= 11 is 1.66. The van der Waals surface area contributed by atoms with Crippen molar-refractivity contribution in [2.45, 2.75) is 5.37 Å². The van der Waals surface area contributed by atoms with Crippen molar-refractivity contribution in [3.8, 4) is 11.5 Å². The second-order valence-corrected chi connectivity index (χ2v) is 6.69. The van der Waals surface area contributed by atoms with Gasteiger partial charge in [-0.3, -0.25) is 0 Å². The lowest BCUT2D eigenvalue weighted by molar-refractivity contribution is 0.214. The summed E-state index contributed by atoms with van der Waals surface area (Å²) in [5, 5.41) is 2.60. The molecule has 1 atom stereocenters. The summed E-state index contributed by atoms with van der Waals surface area (Å²) in [7, 11) is 3.18. The van der Waals surface area contributed by atoms with Crippen LogP contribution in [0.3, 0.4) is 0 Å². The Morgan fingerprint density at radius 2 is 1.92 bits per heavy atom. The van der Waals surface area contributed by atoms with Gasteiger partial charge in [0.25, 0.3) is 0 Å². The first-order valence-electron chi connectivity index (χ1n) is 7.78. The minimum Gasteiger partial charge on any atom is -0.497 e. The number of nitrogens with one attached hydrogen (secondary N) is 1. The summed E-state index contributed by atoms with van der Waals surface area (Å²) < 4.78 is 23.9. The number of methoxy groups -OCH3 is 2. The molecular formula is C18H19FN2O3S. The molecule has 0 unspecified atom stereocenters. The van der Waals surface area contributed by atoms with Crippen LogP contribution in [-0.2, 0) is 0 Å². The average molecular weight is 362 g/mol. The van der Waals surface area contributed by atoms with Gasteiger partial charge in [-0.25, -0.2) is 9.18 Å². The molecule has 1 aliphatic rings. The third-order valence-electron chi connectivity index (χ3n) is 3.89. The highest BCUT2D eigenvalue weighted by atomic mass is 32.2. The van der Waals surface area contributed by atoms with Crippen LogP contribution in [0.5, 0.6) is 11.5 Å². The minimum absolute atomic E-state index is 0.155. The molecule has 2 amide bonds. The van der Waals surface area contributed by atoms with Gasteiger partial charge in [0, 0.05) is 24.1 Å². The van der Waals surface area contributed by atoms with E-state index in [4.69, 9.17) is 9.47 Å². The molecule has 0 aliphatic carbocycles. The zero-order valence-electron chi connectivity index (χ0n) is 14.0. The van der Waals surface area contributed by atoms with E-state index in [1.54, 1.807) is 49.1 Å². The Morgan fingerprint density at radius 1 is 1.20 bits per heavy atom. The third-order valence-corrected chi connectivity index (χ3v) is 5.15. The predicted octanol–water partition coefficient (Wildman–Crippen LogP) is 4.12. The van der Waals surface area contributed by atoms with Gasteiger partial charge in [-0.15, -0.1) is 11.8 Å². The van der Waals surface area contributed by atoms with Crippen molar-refractivity contribution in [1.29, 1.82) is 0 Å². The fraction of sp³-hybridized carbons (Fsp3) is 0.278. The number of halogens is 1. The van der Waals surface area contributed by atoms with E-state index in [2.05, 4.69) is 5.32 Å². The van der Waals surface area contributed by atoms with Crippen molar-refractivity contribution in [2.24, 2.45) is 0 Å². The van der Waals surface area contributed by atoms with Crippen LogP contribution in [0.25, 0.3) is 0 Å². The molecule has 1 heterocycles. The van der Waals surface area contributed by atoms with Crippen LogP contribution in [0.4, 0.5) is 14.9 Å². The molecule has 1 fully saturated rings. The second kappa shape index (κ2) is 7.65. The Hall–Kier alpha value is -2.41. The van der Waals surface area contributed by atoms with E-state index in [1.165, 1.54) is 12.1 Å². The van der Waals surface area contributed by atoms with E-state index < -0.39 is 0 Å². The molecule has 1 saturated heterocycles. The van der Waals surface area contributed by atoms with Crippen LogP contribution in [0.2, 0.25) is 0 Å². The van der Waals surface area contributed by atoms with Gasteiger partial charge in [0.15, 0.2) is 0 Å². The van der Waals surface area contributed by atoms with Crippen molar-refractivity contribution in [2.75, 3.05) is 31.8 Å². The van der Waals surface area contributed by atoms with Crippen LogP contribution in [-0.4, -0.2) is 37.4 Å². The molecule has 5 nitrogen and oxygen atoms in total. The molecule has 0 aromatic heterocycles. The number of rotatable bonds is 4. The van der Waals surface area contributed by atoms with Gasteiger partial charge in [0.05, 0.1) is 14.2 Å². The van der Waals surface area contributed by atoms with Gasteiger partial charge < -0.3 is 19.7 Å². The van der Waals surface area contributed by atoms with Crippen LogP contribution in [0.15, 0.2) is 42.5 Å². The summed E-state index contributed by atoms with van der Waals surface area (Å²) in [4.78, 5) is 14.4. The maximum atomic E-state index is 13.3. The van der Waals surface area contributed by atoms with Crippen LogP contribution >= 0.6 is 11.8 Å². The molecular weight excluding hydrogens is 343 g/mol. The highest BCUT2D eigenvalue weighted by molar-refractivity contribution is 7.99. The molecule has 25 heavy (non-hydrogen) atoms. The lowest BCUT2D eigenvalue weighted by Gasteiger charge is -2.25. The minimum atomic E-state index is -0.386. The predicted molar refractivity (Wildman–Crippen MR) is 96.9 cm³/mol. The quantitative estimate of drug-likeness (QED) is 0.889. The summed E-state index contributed by atoms with van der Waals surface area (Å²) in [6.45, 7) is 0.607. The summed E-state index contributed by atoms with van der Waals surface area (Å²) in [6, 6.07) is 11.2. The molecule has 0 spiro atoms. The van der Waals surface area contributed by atoms with Gasteiger partial charge in [-0.2, -0.15) is 0 Å². The van der Waals surface area contributed by atoms with Crippen LogP contribution in [0.1, 0.15) is 10.9 Å². The number of hydrogen-bond donors (Lipinski definition) is 1. The number of carbonyl (C=O) groups excluding carboxylic acids is 1. The van der Waals surface area contributed by atoms with E-state index in [0.29, 0.717) is 23.7 Å². The maximum absolute atomic E-state index is 13.3. The maximum Gasteiger partial charge on any atom is 0.323 e. The number of anilines is 1. The van der Waals surface area contributed by atoms with Gasteiger partial charge in [-0.05, 0) is 35.9 Å². The van der Waals surface area contributed by atoms with Crippen molar-refractivity contribution in [3.63, 3.8) is 0 Å². The molecule has 7 heteroatoms. The van der Waals surface area contributed by atoms with Crippen LogP contribution < -0.4 is 14.8 Å². The Kier molecular flexibility index (Phi) is 5.33. The Labute approximate surface area is 150 Å². The molecule has 132 valence electrons. The number of amides is 2. The molecule has 0 saturated carbocycles. The zero-order valence-corrected chi connectivity index (χ0v) is 14.8. The van der Waals surface area contributed by atoms with Crippen molar-refractivity contribution >= 4 is 23.5 Å². The molecule has 3 rings (SSSR count). The molecule has 0 bridgehead atoms. The fourth-order valence-electron chi connectivity index (χ4n) is 2.69. The Morgan fingerprint density at radius 3 is 2.56 bits per heavy atom. The van der Waals surface area contributed by atoms with Gasteiger partial charge in [0.2, 0.25) is 0 Å². The van der Waals surface area contributed by atoms with Gasteiger partial charge >= 0.3 is 6.03 Å². The van der Waals surface area contributed by atoms with E-state index in [-0.39, 0.29) is 17.2 Å². The summed E-state index contributed by atoms with van der Waals surface area (Å²) in [6.07, 6.45) is 0. The monoisotopic (exact) mass is 362 g/mol. The standard InChI is InChI=1S/C18H19FN2O3S/c1-23-15-8-12(9-16(11-15)24-2)17-21(6-7-25-17)18(22)20-14-5-3-4-13(19)10-14/h3-5,8-11,17H,6-7H2,1-2H3,(H,20,22)/t17-/m1/s1. The highest BCUT2D eigenvalue weighted by Gasteiger charge is 2.31. The number of urea groups is 1. The zero-order chi connectivity index (χ0) is 17.8. The first kappa shape index (κ1) is 17.4. The van der Waals surface area contributed by atoms with Gasteiger partial charge in [-0.1, -0.05) is 6.07 Å². The first-order valence-corrected chi connectivity index (χ1v) is 8.83. The highest BCUT2D eigenvalue weighted by Crippen LogP contribution is 2.40. The fourth-order valence-corrected chi connectivity index (χ4v) is 3.92. The second-order valence-electron chi connectivity index (χ2n) is 5.50. The number of carbonyl (C=O) groups is 1. The van der Waals surface area contributed by atoms with E-state index in [9.17, 15) is 9.18 Å². The van der Waals surface area contributed by atoms with Crippen molar-refractivity contribution in [1.82, 2.24) is 4.90 Å². The van der Waals surface area contributed by atoms with E-state index in [0.717, 1.165) is 11.3 Å². The average Bonchev–Trinajstić information content (AvgIpc) is 3.11. The largest absolute Gasteiger partial charge is 0.497 e. The third kappa shape index (κ3) is 3.99. The number of benzene rings is 2. The Balaban J connectivity index is 1.81. The topological polar surface area (TPSA) is 50.8 Å². The summed E-state index contributed by atoms with van der Waals surface area (Å²) in [5.74, 6) is 1.78. The molecule has 2 aromatic carbocycles. The SMILES string of the molecule is COc1cc(OC)cc([C@H]2SCCN2C(=O)Nc2cccc(F)c2)c1. The van der Waals surface area contributed by atoms with Crippen molar-refractivity contribution < 1.29 is 18.7 Å². The number of thioether (sulfide) groups is 1. The normalized spacial score (nSPS) is 16.6. The molecule has 1 N–H and O–H groups in total. The molecule has 1 aliphatic heterocycles. The number of nitrogens with zero attached hydrogens (tertiary/aromatic N) is 1. The number of ether oxygens (including phenoxy) is 2. The van der Waals surface area contributed by atoms with E-state index in [1.807, 2.05) is 12.1 Å². The molecule has 2 aromatic rings. The van der Waals surface area contributed by atoms with Crippen LogP contribution in [0, 0.1) is 5.82 Å². The molecule has 0 radical (unpaired) electrons. The smallest absolute Gasteiger partial charge is 0.323 e. The first-order chi connectivity index (χ1) is 12.1. The Bertz CT molecular complexity index is 749. The summed E-state index contributed by atoms with van der Waals surface area (Å²) in [5.41, 5.74) is 1.36. The lowest BCUT2D eigenvalue weighted by atomic mass is 10.2. The van der Waals surface area contributed by atoms with Gasteiger partial charge in [0.1, 0.15) is 22.7 Å². The van der Waals surface area contributed by atoms with Crippen molar-refractivity contribution in [3.05, 3.63) is 53.8 Å². The van der Waals surface area contributed by atoms with E-state index >= 15 is 0 Å². The lowest BCUT2D eigenvalue weighted by Crippen LogP contribution is -2.34. The number of hydrogen-bond acceptors (Lipinski definition) is 4.